The van der Waals surface area contributed by atoms with Crippen LogP contribution in [0.25, 0.3) is 6.08 Å². The smallest absolute Gasteiger partial charge is 0.269 e. The van der Waals surface area contributed by atoms with Crippen molar-refractivity contribution < 1.29 is 14.5 Å². The second kappa shape index (κ2) is 8.79. The van der Waals surface area contributed by atoms with E-state index in [4.69, 9.17) is 0 Å². The summed E-state index contributed by atoms with van der Waals surface area (Å²) < 4.78 is 0.889. The largest absolute Gasteiger partial charge is 0.346 e. The van der Waals surface area contributed by atoms with Gasteiger partial charge in [-0.2, -0.15) is 0 Å². The van der Waals surface area contributed by atoms with Gasteiger partial charge in [0.2, 0.25) is 0 Å². The number of non-ortho nitro benzene ring substituents is 1. The average Bonchev–Trinajstić information content (AvgIpc) is 2.61. The van der Waals surface area contributed by atoms with E-state index < -0.39 is 22.3 Å². The number of hydrogen-bond acceptors (Lipinski definition) is 4. The fourth-order valence-corrected chi connectivity index (χ4v) is 2.49. The molecule has 28 heavy (non-hydrogen) atoms. The summed E-state index contributed by atoms with van der Waals surface area (Å²) in [5, 5.41) is 16.2. The van der Waals surface area contributed by atoms with Gasteiger partial charge in [-0.25, -0.2) is 0 Å². The second-order valence-corrected chi connectivity index (χ2v) is 7.99. The first-order valence-corrected chi connectivity index (χ1v) is 9.20. The summed E-state index contributed by atoms with van der Waals surface area (Å²) in [6, 6.07) is 12.4. The molecule has 0 spiro atoms. The molecule has 146 valence electrons. The highest BCUT2D eigenvalue weighted by molar-refractivity contribution is 9.10. The molecule has 2 aromatic rings. The first kappa shape index (κ1) is 21.3. The van der Waals surface area contributed by atoms with E-state index in [9.17, 15) is 19.7 Å². The summed E-state index contributed by atoms with van der Waals surface area (Å²) >= 11 is 3.35. The predicted molar refractivity (Wildman–Crippen MR) is 111 cm³/mol. The highest BCUT2D eigenvalue weighted by Gasteiger charge is 2.20. The molecular formula is C20H20BrN3O4. The van der Waals surface area contributed by atoms with Gasteiger partial charge in [-0.1, -0.05) is 28.1 Å². The molecule has 7 nitrogen and oxygen atoms in total. The first-order valence-electron chi connectivity index (χ1n) is 8.41. The lowest BCUT2D eigenvalue weighted by atomic mass is 10.1. The fraction of sp³-hybridized carbons (Fsp3) is 0.200. The van der Waals surface area contributed by atoms with Crippen LogP contribution in [0, 0.1) is 10.1 Å². The zero-order valence-corrected chi connectivity index (χ0v) is 17.2. The molecule has 0 heterocycles. The second-order valence-electron chi connectivity index (χ2n) is 7.07. The Kier molecular flexibility index (Phi) is 6.69. The highest BCUT2D eigenvalue weighted by atomic mass is 79.9. The van der Waals surface area contributed by atoms with Crippen LogP contribution in [0.5, 0.6) is 0 Å². The molecule has 2 N–H and O–H groups in total. The lowest BCUT2D eigenvalue weighted by Gasteiger charge is -2.22. The number of amides is 2. The van der Waals surface area contributed by atoms with E-state index in [1.165, 1.54) is 24.3 Å². The number of carbonyl (C=O) groups is 2. The van der Waals surface area contributed by atoms with Crippen LogP contribution in [0.4, 0.5) is 5.69 Å². The zero-order valence-electron chi connectivity index (χ0n) is 15.7. The molecule has 0 aliphatic rings. The first-order chi connectivity index (χ1) is 13.0. The van der Waals surface area contributed by atoms with Crippen molar-refractivity contribution in [1.82, 2.24) is 10.6 Å². The van der Waals surface area contributed by atoms with Crippen LogP contribution >= 0.6 is 15.9 Å². The molecule has 0 fully saturated rings. The molecule has 0 bridgehead atoms. The van der Waals surface area contributed by atoms with Gasteiger partial charge in [0, 0.05) is 27.7 Å². The van der Waals surface area contributed by atoms with E-state index in [2.05, 4.69) is 26.6 Å². The molecule has 0 saturated carbocycles. The summed E-state index contributed by atoms with van der Waals surface area (Å²) in [5.74, 6) is -0.979. The van der Waals surface area contributed by atoms with Gasteiger partial charge in [-0.05, 0) is 56.7 Å². The average molecular weight is 446 g/mol. The van der Waals surface area contributed by atoms with Crippen LogP contribution < -0.4 is 10.6 Å². The van der Waals surface area contributed by atoms with E-state index in [0.717, 1.165) is 10.0 Å². The van der Waals surface area contributed by atoms with Crippen molar-refractivity contribution in [2.75, 3.05) is 0 Å². The van der Waals surface area contributed by atoms with Crippen LogP contribution in [-0.4, -0.2) is 22.3 Å². The maximum atomic E-state index is 12.6. The van der Waals surface area contributed by atoms with Gasteiger partial charge in [0.1, 0.15) is 5.70 Å². The number of nitro benzene ring substituents is 1. The Balaban J connectivity index is 2.30. The number of rotatable bonds is 5. The quantitative estimate of drug-likeness (QED) is 0.411. The van der Waals surface area contributed by atoms with Gasteiger partial charge in [0.05, 0.1) is 4.92 Å². The minimum absolute atomic E-state index is 0.0700. The molecule has 0 saturated heterocycles. The van der Waals surface area contributed by atoms with Crippen LogP contribution in [0.1, 0.15) is 36.7 Å². The number of carbonyl (C=O) groups excluding carboxylic acids is 2. The Morgan fingerprint density at radius 3 is 2.11 bits per heavy atom. The van der Waals surface area contributed by atoms with E-state index in [1.807, 2.05) is 32.9 Å². The van der Waals surface area contributed by atoms with Gasteiger partial charge in [-0.3, -0.25) is 19.7 Å². The third kappa shape index (κ3) is 6.31. The Morgan fingerprint density at radius 1 is 1.04 bits per heavy atom. The van der Waals surface area contributed by atoms with Crippen molar-refractivity contribution in [2.45, 2.75) is 26.3 Å². The zero-order chi connectivity index (χ0) is 20.9. The number of nitrogens with one attached hydrogen (secondary N) is 2. The summed E-state index contributed by atoms with van der Waals surface area (Å²) in [7, 11) is 0. The van der Waals surface area contributed by atoms with Crippen LogP contribution in [-0.2, 0) is 4.79 Å². The normalized spacial score (nSPS) is 11.6. The third-order valence-corrected chi connectivity index (χ3v) is 4.03. The Labute approximate surface area is 171 Å². The Morgan fingerprint density at radius 2 is 1.61 bits per heavy atom. The lowest BCUT2D eigenvalue weighted by Crippen LogP contribution is -2.44. The number of hydrogen-bond donors (Lipinski definition) is 2. The highest BCUT2D eigenvalue weighted by Crippen LogP contribution is 2.15. The lowest BCUT2D eigenvalue weighted by molar-refractivity contribution is -0.384. The molecule has 2 aromatic carbocycles. The topological polar surface area (TPSA) is 101 Å². The van der Waals surface area contributed by atoms with Crippen molar-refractivity contribution in [3.63, 3.8) is 0 Å². The van der Waals surface area contributed by atoms with Crippen molar-refractivity contribution in [1.29, 1.82) is 0 Å². The summed E-state index contributed by atoms with van der Waals surface area (Å²) in [4.78, 5) is 35.4. The SMILES string of the molecule is CC(C)(C)NC(=O)/C(=C/c1ccc(Br)cc1)NC(=O)c1ccc([N+](=O)[O-])cc1. The molecule has 0 atom stereocenters. The minimum atomic E-state index is -0.544. The third-order valence-electron chi connectivity index (χ3n) is 3.50. The number of halogens is 1. The van der Waals surface area contributed by atoms with E-state index in [0.29, 0.717) is 0 Å². The minimum Gasteiger partial charge on any atom is -0.346 e. The number of nitrogens with zero attached hydrogens (tertiary/aromatic N) is 1. The van der Waals surface area contributed by atoms with Crippen molar-refractivity contribution in [3.05, 3.63) is 79.9 Å². The maximum absolute atomic E-state index is 12.6. The monoisotopic (exact) mass is 445 g/mol. The van der Waals surface area contributed by atoms with Gasteiger partial charge < -0.3 is 10.6 Å². The van der Waals surface area contributed by atoms with E-state index >= 15 is 0 Å². The van der Waals surface area contributed by atoms with Gasteiger partial charge in [-0.15, -0.1) is 0 Å². The maximum Gasteiger partial charge on any atom is 0.269 e. The van der Waals surface area contributed by atoms with Gasteiger partial charge in [0.15, 0.2) is 0 Å². The van der Waals surface area contributed by atoms with Crippen LogP contribution in [0.3, 0.4) is 0 Å². The predicted octanol–water partition coefficient (Wildman–Crippen LogP) is 4.04. The van der Waals surface area contributed by atoms with E-state index in [1.54, 1.807) is 18.2 Å². The Bertz CT molecular complexity index is 914. The molecule has 2 rings (SSSR count). The van der Waals surface area contributed by atoms with E-state index in [-0.39, 0.29) is 16.9 Å². The van der Waals surface area contributed by atoms with Crippen LogP contribution in [0.2, 0.25) is 0 Å². The van der Waals surface area contributed by atoms with Gasteiger partial charge in [0.25, 0.3) is 17.5 Å². The molecular weight excluding hydrogens is 426 g/mol. The fourth-order valence-electron chi connectivity index (χ4n) is 2.22. The standard InChI is InChI=1S/C20H20BrN3O4/c1-20(2,3)23-19(26)17(12-13-4-8-15(21)9-5-13)22-18(25)14-6-10-16(11-7-14)24(27)28/h4-12H,1-3H3,(H,22,25)(H,23,26)/b17-12-. The van der Waals surface area contributed by atoms with Crippen molar-refractivity contribution >= 4 is 39.5 Å². The number of benzene rings is 2. The van der Waals surface area contributed by atoms with Gasteiger partial charge >= 0.3 is 0 Å². The number of nitro groups is 1. The molecule has 0 aliphatic heterocycles. The molecule has 8 heteroatoms. The summed E-state index contributed by atoms with van der Waals surface area (Å²) in [5.41, 5.74) is 0.393. The van der Waals surface area contributed by atoms with Crippen molar-refractivity contribution in [2.24, 2.45) is 0 Å². The summed E-state index contributed by atoms with van der Waals surface area (Å²) in [6.45, 7) is 5.50. The Hall–Kier alpha value is -3.00. The molecule has 0 radical (unpaired) electrons. The molecule has 0 aliphatic carbocycles. The molecule has 0 unspecified atom stereocenters. The summed E-state index contributed by atoms with van der Waals surface area (Å²) in [6.07, 6.45) is 1.57. The van der Waals surface area contributed by atoms with Crippen molar-refractivity contribution in [3.8, 4) is 0 Å². The molecule has 0 aromatic heterocycles. The molecule has 2 amide bonds. The van der Waals surface area contributed by atoms with Crippen LogP contribution in [0.15, 0.2) is 58.7 Å².